The zero-order chi connectivity index (χ0) is 9.14. The van der Waals surface area contributed by atoms with Gasteiger partial charge in [0.1, 0.15) is 0 Å². The number of rotatable bonds is 3. The van der Waals surface area contributed by atoms with Gasteiger partial charge < -0.3 is 4.81 Å². The summed E-state index contributed by atoms with van der Waals surface area (Å²) < 4.78 is 0. The van der Waals surface area contributed by atoms with Gasteiger partial charge in [-0.15, -0.1) is 11.8 Å². The maximum atomic E-state index is 2.57. The van der Waals surface area contributed by atoms with E-state index in [9.17, 15) is 0 Å². The Labute approximate surface area is 80.7 Å². The smallest absolute Gasteiger partial charge is 0.261 e. The van der Waals surface area contributed by atoms with E-state index in [0.717, 1.165) is 0 Å². The van der Waals surface area contributed by atoms with Crippen LogP contribution >= 0.6 is 11.8 Å². The number of nitrogens with zero attached hydrogens (tertiary/aromatic N) is 1. The van der Waals surface area contributed by atoms with E-state index in [0.29, 0.717) is 18.9 Å². The van der Waals surface area contributed by atoms with E-state index in [4.69, 9.17) is 0 Å². The molecule has 0 atom stereocenters. The van der Waals surface area contributed by atoms with E-state index in [1.54, 1.807) is 0 Å². The van der Waals surface area contributed by atoms with E-state index in [1.807, 2.05) is 11.8 Å². The van der Waals surface area contributed by atoms with Gasteiger partial charge in [-0.05, 0) is 23.1 Å². The van der Waals surface area contributed by atoms with Gasteiger partial charge in [0.2, 0.25) is 0 Å². The molecule has 0 spiro atoms. The molecule has 0 aromatic rings. The van der Waals surface area contributed by atoms with Crippen LogP contribution in [0.15, 0.2) is 11.4 Å². The van der Waals surface area contributed by atoms with Crippen molar-refractivity contribution in [2.75, 3.05) is 5.65 Å². The number of hydrogen-bond acceptors (Lipinski definition) is 2. The molecule has 1 nitrogen and oxygen atoms in total. The van der Waals surface area contributed by atoms with Crippen LogP contribution in [0.2, 0.25) is 0 Å². The molecule has 0 saturated heterocycles. The highest BCUT2D eigenvalue weighted by atomic mass is 32.2. The SMILES string of the molecule is CC(C)N(B1C=CSC1)C(C)C. The second-order valence-corrected chi connectivity index (χ2v) is 4.80. The second kappa shape index (κ2) is 4.38. The molecule has 0 N–H and O–H groups in total. The lowest BCUT2D eigenvalue weighted by atomic mass is 9.61. The van der Waals surface area contributed by atoms with Crippen molar-refractivity contribution in [3.63, 3.8) is 0 Å². The molecule has 0 radical (unpaired) electrons. The van der Waals surface area contributed by atoms with E-state index >= 15 is 0 Å². The average molecular weight is 183 g/mol. The summed E-state index contributed by atoms with van der Waals surface area (Å²) in [5, 5.41) is 2.22. The Morgan fingerprint density at radius 3 is 2.17 bits per heavy atom. The lowest BCUT2D eigenvalue weighted by molar-refractivity contribution is 0.307. The second-order valence-electron chi connectivity index (χ2n) is 3.86. The van der Waals surface area contributed by atoms with Crippen LogP contribution < -0.4 is 0 Å². The zero-order valence-corrected chi connectivity index (χ0v) is 9.27. The highest BCUT2D eigenvalue weighted by molar-refractivity contribution is 8.04. The lowest BCUT2D eigenvalue weighted by Crippen LogP contribution is -2.48. The Kier molecular flexibility index (Phi) is 3.72. The molecule has 0 amide bonds. The van der Waals surface area contributed by atoms with Crippen LogP contribution in [0, 0.1) is 0 Å². The third-order valence-electron chi connectivity index (χ3n) is 2.24. The fourth-order valence-corrected chi connectivity index (χ4v) is 2.79. The largest absolute Gasteiger partial charge is 0.333 e. The van der Waals surface area contributed by atoms with Crippen molar-refractivity contribution in [3.8, 4) is 0 Å². The standard InChI is InChI=1S/C9H18BNS/c1-8(2)11(9(3)4)10-5-6-12-7-10/h5-6,8-9H,7H2,1-4H3. The van der Waals surface area contributed by atoms with Gasteiger partial charge in [0.05, 0.1) is 0 Å². The Balaban J connectivity index is 2.58. The molecule has 12 heavy (non-hydrogen) atoms. The van der Waals surface area contributed by atoms with Crippen molar-refractivity contribution >= 4 is 18.6 Å². The first-order chi connectivity index (χ1) is 5.63. The van der Waals surface area contributed by atoms with E-state index in [1.165, 1.54) is 5.65 Å². The molecular formula is C9H18BNS. The topological polar surface area (TPSA) is 3.24 Å². The Hall–Kier alpha value is 0.115. The molecule has 1 heterocycles. The van der Waals surface area contributed by atoms with Crippen molar-refractivity contribution in [1.29, 1.82) is 0 Å². The molecule has 0 fully saturated rings. The first kappa shape index (κ1) is 10.2. The lowest BCUT2D eigenvalue weighted by Gasteiger charge is -2.33. The predicted octanol–water partition coefficient (Wildman–Crippen LogP) is 2.44. The maximum Gasteiger partial charge on any atom is 0.261 e. The fraction of sp³-hybridized carbons (Fsp3) is 0.778. The minimum Gasteiger partial charge on any atom is -0.333 e. The van der Waals surface area contributed by atoms with E-state index < -0.39 is 0 Å². The Morgan fingerprint density at radius 2 is 1.83 bits per heavy atom. The molecular weight excluding hydrogens is 165 g/mol. The van der Waals surface area contributed by atoms with Crippen molar-refractivity contribution in [2.45, 2.75) is 39.8 Å². The first-order valence-electron chi connectivity index (χ1n) is 4.68. The molecule has 68 valence electrons. The number of thioether (sulfide) groups is 1. The summed E-state index contributed by atoms with van der Waals surface area (Å²) in [4.78, 5) is 2.57. The Morgan fingerprint density at radius 1 is 1.25 bits per heavy atom. The summed E-state index contributed by atoms with van der Waals surface area (Å²) in [7, 11) is 0. The molecule has 1 rings (SSSR count). The molecule has 1 aliphatic heterocycles. The van der Waals surface area contributed by atoms with Crippen LogP contribution in [-0.4, -0.2) is 29.4 Å². The molecule has 1 aliphatic rings. The molecule has 0 bridgehead atoms. The summed E-state index contributed by atoms with van der Waals surface area (Å²) in [5.74, 6) is 2.32. The van der Waals surface area contributed by atoms with Gasteiger partial charge in [-0.1, -0.05) is 33.7 Å². The molecule has 0 aromatic heterocycles. The summed E-state index contributed by atoms with van der Waals surface area (Å²) in [6.07, 6.45) is 0. The van der Waals surface area contributed by atoms with Crippen LogP contribution in [0.5, 0.6) is 0 Å². The number of hydrogen-bond donors (Lipinski definition) is 0. The van der Waals surface area contributed by atoms with Crippen molar-refractivity contribution in [1.82, 2.24) is 4.81 Å². The fourth-order valence-electron chi connectivity index (χ4n) is 1.90. The third-order valence-corrected chi connectivity index (χ3v) is 3.12. The van der Waals surface area contributed by atoms with E-state index in [-0.39, 0.29) is 0 Å². The minimum absolute atomic E-state index is 0.651. The summed E-state index contributed by atoms with van der Waals surface area (Å²) in [6.45, 7) is 9.76. The minimum atomic E-state index is 0.651. The maximum absolute atomic E-state index is 2.57. The zero-order valence-electron chi connectivity index (χ0n) is 8.45. The van der Waals surface area contributed by atoms with Crippen LogP contribution in [0.3, 0.4) is 0 Å². The molecule has 3 heteroatoms. The van der Waals surface area contributed by atoms with Crippen LogP contribution in [0.4, 0.5) is 0 Å². The highest BCUT2D eigenvalue weighted by Gasteiger charge is 2.27. The van der Waals surface area contributed by atoms with Crippen molar-refractivity contribution in [3.05, 3.63) is 11.4 Å². The molecule has 0 aliphatic carbocycles. The van der Waals surface area contributed by atoms with Gasteiger partial charge in [0.25, 0.3) is 6.85 Å². The molecule has 0 saturated carbocycles. The van der Waals surface area contributed by atoms with Crippen LogP contribution in [0.25, 0.3) is 0 Å². The van der Waals surface area contributed by atoms with Gasteiger partial charge in [-0.25, -0.2) is 0 Å². The van der Waals surface area contributed by atoms with Gasteiger partial charge >= 0.3 is 0 Å². The Bertz CT molecular complexity index is 160. The monoisotopic (exact) mass is 183 g/mol. The van der Waals surface area contributed by atoms with E-state index in [2.05, 4.69) is 43.9 Å². The highest BCUT2D eigenvalue weighted by Crippen LogP contribution is 2.19. The van der Waals surface area contributed by atoms with Crippen molar-refractivity contribution < 1.29 is 0 Å². The molecule has 0 aromatic carbocycles. The summed E-state index contributed by atoms with van der Waals surface area (Å²) in [6, 6.07) is 1.30. The summed E-state index contributed by atoms with van der Waals surface area (Å²) >= 11 is 1.92. The third kappa shape index (κ3) is 2.30. The summed E-state index contributed by atoms with van der Waals surface area (Å²) in [5.41, 5.74) is 1.23. The average Bonchev–Trinajstić information content (AvgIpc) is 2.37. The van der Waals surface area contributed by atoms with Crippen LogP contribution in [0.1, 0.15) is 27.7 Å². The predicted molar refractivity (Wildman–Crippen MR) is 59.5 cm³/mol. The quantitative estimate of drug-likeness (QED) is 0.618. The first-order valence-corrected chi connectivity index (χ1v) is 5.73. The van der Waals surface area contributed by atoms with Crippen molar-refractivity contribution in [2.24, 2.45) is 0 Å². The normalized spacial score (nSPS) is 17.4. The molecule has 0 unspecified atom stereocenters. The van der Waals surface area contributed by atoms with Gasteiger partial charge in [0.15, 0.2) is 0 Å². The van der Waals surface area contributed by atoms with Gasteiger partial charge in [0, 0.05) is 0 Å². The van der Waals surface area contributed by atoms with Crippen LogP contribution in [-0.2, 0) is 0 Å². The van der Waals surface area contributed by atoms with Gasteiger partial charge in [-0.3, -0.25) is 0 Å². The van der Waals surface area contributed by atoms with Gasteiger partial charge in [-0.2, -0.15) is 0 Å².